The van der Waals surface area contributed by atoms with Crippen molar-refractivity contribution >= 4 is 22.4 Å². The number of nitrogens with one attached hydrogen (secondary N) is 1. The van der Waals surface area contributed by atoms with Crippen LogP contribution in [0.15, 0.2) is 0 Å². The fraction of sp³-hybridized carbons (Fsp3) is 0.667. The highest BCUT2D eigenvalue weighted by atomic mass is 32.1. The molecule has 0 spiro atoms. The number of rotatable bonds is 2. The zero-order chi connectivity index (χ0) is 12.5. The lowest BCUT2D eigenvalue weighted by atomic mass is 9.97. The Bertz CT molecular complexity index is 454. The third kappa shape index (κ3) is 2.35. The first-order valence-corrected chi connectivity index (χ1v) is 7.20. The quantitative estimate of drug-likeness (QED) is 0.834. The second-order valence-electron chi connectivity index (χ2n) is 4.87. The zero-order valence-electron chi connectivity index (χ0n) is 10.1. The van der Waals surface area contributed by atoms with E-state index in [0.717, 1.165) is 37.8 Å². The Morgan fingerprint density at radius 1 is 1.50 bits per heavy atom. The highest BCUT2D eigenvalue weighted by molar-refractivity contribution is 7.15. The van der Waals surface area contributed by atoms with Crippen molar-refractivity contribution in [1.29, 1.82) is 0 Å². The molecule has 0 saturated carbocycles. The Morgan fingerprint density at radius 2 is 2.39 bits per heavy atom. The van der Waals surface area contributed by atoms with Crippen LogP contribution in [0.4, 0.5) is 5.13 Å². The average molecular weight is 267 g/mol. The SMILES string of the molecule is Nc1nc2c(s1)CC(NC(=O)C1CCCO1)CC2. The molecular weight excluding hydrogens is 250 g/mol. The highest BCUT2D eigenvalue weighted by Crippen LogP contribution is 2.28. The number of amides is 1. The zero-order valence-corrected chi connectivity index (χ0v) is 11.0. The van der Waals surface area contributed by atoms with Gasteiger partial charge in [-0.25, -0.2) is 4.98 Å². The number of nitrogen functional groups attached to an aromatic ring is 1. The van der Waals surface area contributed by atoms with Gasteiger partial charge in [-0.05, 0) is 25.7 Å². The van der Waals surface area contributed by atoms with Crippen LogP contribution in [-0.2, 0) is 22.4 Å². The van der Waals surface area contributed by atoms with Crippen LogP contribution in [0.3, 0.4) is 0 Å². The third-order valence-corrected chi connectivity index (χ3v) is 4.47. The minimum Gasteiger partial charge on any atom is -0.375 e. The molecule has 2 unspecified atom stereocenters. The number of aromatic nitrogens is 1. The summed E-state index contributed by atoms with van der Waals surface area (Å²) < 4.78 is 5.39. The molecule has 3 N–H and O–H groups in total. The van der Waals surface area contributed by atoms with Gasteiger partial charge >= 0.3 is 0 Å². The van der Waals surface area contributed by atoms with Gasteiger partial charge in [0.2, 0.25) is 5.91 Å². The van der Waals surface area contributed by atoms with E-state index in [1.54, 1.807) is 0 Å². The van der Waals surface area contributed by atoms with Gasteiger partial charge in [-0.1, -0.05) is 0 Å². The molecule has 1 aromatic rings. The number of ether oxygens (including phenoxy) is 1. The minimum atomic E-state index is -0.238. The third-order valence-electron chi connectivity index (χ3n) is 3.52. The minimum absolute atomic E-state index is 0.0402. The molecule has 18 heavy (non-hydrogen) atoms. The monoisotopic (exact) mass is 267 g/mol. The maximum Gasteiger partial charge on any atom is 0.249 e. The van der Waals surface area contributed by atoms with Gasteiger partial charge in [-0.2, -0.15) is 0 Å². The van der Waals surface area contributed by atoms with E-state index in [-0.39, 0.29) is 18.1 Å². The van der Waals surface area contributed by atoms with E-state index in [1.807, 2.05) is 0 Å². The van der Waals surface area contributed by atoms with E-state index in [1.165, 1.54) is 16.2 Å². The molecule has 1 aromatic heterocycles. The average Bonchev–Trinajstić information content (AvgIpc) is 2.95. The van der Waals surface area contributed by atoms with Gasteiger partial charge in [0.05, 0.1) is 5.69 Å². The summed E-state index contributed by atoms with van der Waals surface area (Å²) in [5, 5.41) is 3.72. The lowest BCUT2D eigenvalue weighted by Crippen LogP contribution is -2.43. The maximum absolute atomic E-state index is 12.0. The van der Waals surface area contributed by atoms with Crippen LogP contribution in [0.2, 0.25) is 0 Å². The van der Waals surface area contributed by atoms with Gasteiger partial charge in [0.25, 0.3) is 0 Å². The van der Waals surface area contributed by atoms with Gasteiger partial charge in [0, 0.05) is 23.9 Å². The van der Waals surface area contributed by atoms with Crippen molar-refractivity contribution in [1.82, 2.24) is 10.3 Å². The summed E-state index contributed by atoms with van der Waals surface area (Å²) in [4.78, 5) is 17.5. The molecule has 1 amide bonds. The van der Waals surface area contributed by atoms with E-state index < -0.39 is 0 Å². The maximum atomic E-state index is 12.0. The van der Waals surface area contributed by atoms with Crippen molar-refractivity contribution in [2.75, 3.05) is 12.3 Å². The number of hydrogen-bond donors (Lipinski definition) is 2. The van der Waals surface area contributed by atoms with E-state index in [4.69, 9.17) is 10.5 Å². The molecule has 0 bridgehead atoms. The normalized spacial score (nSPS) is 26.9. The standard InChI is InChI=1S/C12H17N3O2S/c13-12-15-8-4-3-7(6-10(8)18-12)14-11(16)9-2-1-5-17-9/h7,9H,1-6H2,(H2,13,15)(H,14,16). The summed E-state index contributed by atoms with van der Waals surface area (Å²) in [6.45, 7) is 0.707. The second kappa shape index (κ2) is 4.85. The number of nitrogens with two attached hydrogens (primary N) is 1. The van der Waals surface area contributed by atoms with Crippen LogP contribution in [0.1, 0.15) is 29.8 Å². The van der Waals surface area contributed by atoms with Crippen molar-refractivity contribution < 1.29 is 9.53 Å². The van der Waals surface area contributed by atoms with Gasteiger partial charge in [0.1, 0.15) is 6.10 Å². The number of thiazole rings is 1. The Balaban J connectivity index is 1.60. The predicted molar refractivity (Wildman–Crippen MR) is 69.5 cm³/mol. The molecule has 0 radical (unpaired) electrons. The molecule has 1 fully saturated rings. The molecular formula is C12H17N3O2S. The number of anilines is 1. The van der Waals surface area contributed by atoms with Crippen LogP contribution in [0.5, 0.6) is 0 Å². The van der Waals surface area contributed by atoms with E-state index in [0.29, 0.717) is 11.7 Å². The summed E-state index contributed by atoms with van der Waals surface area (Å²) in [6.07, 6.45) is 4.28. The van der Waals surface area contributed by atoms with E-state index >= 15 is 0 Å². The van der Waals surface area contributed by atoms with Crippen LogP contribution < -0.4 is 11.1 Å². The topological polar surface area (TPSA) is 77.2 Å². The Kier molecular flexibility index (Phi) is 3.22. The summed E-state index contributed by atoms with van der Waals surface area (Å²) in [5.41, 5.74) is 6.82. The summed E-state index contributed by atoms with van der Waals surface area (Å²) in [5.74, 6) is 0.0402. The van der Waals surface area contributed by atoms with Gasteiger partial charge in [-0.3, -0.25) is 4.79 Å². The van der Waals surface area contributed by atoms with Gasteiger partial charge in [-0.15, -0.1) is 11.3 Å². The molecule has 2 heterocycles. The van der Waals surface area contributed by atoms with Crippen molar-refractivity contribution in [2.45, 2.75) is 44.2 Å². The molecule has 3 rings (SSSR count). The first-order chi connectivity index (χ1) is 8.72. The fourth-order valence-corrected chi connectivity index (χ4v) is 3.56. The summed E-state index contributed by atoms with van der Waals surface area (Å²) >= 11 is 1.54. The molecule has 98 valence electrons. The molecule has 1 saturated heterocycles. The molecule has 6 heteroatoms. The van der Waals surface area contributed by atoms with Crippen molar-refractivity contribution in [3.63, 3.8) is 0 Å². The number of nitrogens with zero attached hydrogens (tertiary/aromatic N) is 1. The predicted octanol–water partition coefficient (Wildman–Crippen LogP) is 0.878. The first-order valence-electron chi connectivity index (χ1n) is 6.38. The number of carbonyl (C=O) groups excluding carboxylic acids is 1. The lowest BCUT2D eigenvalue weighted by molar-refractivity contribution is -0.130. The van der Waals surface area contributed by atoms with Crippen molar-refractivity contribution in [3.8, 4) is 0 Å². The number of carbonyl (C=O) groups is 1. The molecule has 1 aliphatic heterocycles. The molecule has 1 aliphatic carbocycles. The summed E-state index contributed by atoms with van der Waals surface area (Å²) in [7, 11) is 0. The Labute approximate surface area is 110 Å². The van der Waals surface area contributed by atoms with E-state index in [2.05, 4.69) is 10.3 Å². The first kappa shape index (κ1) is 11.9. The largest absolute Gasteiger partial charge is 0.375 e. The van der Waals surface area contributed by atoms with E-state index in [9.17, 15) is 4.79 Å². The Hall–Kier alpha value is -1.14. The van der Waals surface area contributed by atoms with Crippen LogP contribution in [0.25, 0.3) is 0 Å². The van der Waals surface area contributed by atoms with Crippen LogP contribution >= 0.6 is 11.3 Å². The fourth-order valence-electron chi connectivity index (χ4n) is 2.60. The van der Waals surface area contributed by atoms with Crippen molar-refractivity contribution in [3.05, 3.63) is 10.6 Å². The second-order valence-corrected chi connectivity index (χ2v) is 5.99. The smallest absolute Gasteiger partial charge is 0.249 e. The molecule has 0 aromatic carbocycles. The Morgan fingerprint density at radius 3 is 3.17 bits per heavy atom. The van der Waals surface area contributed by atoms with Gasteiger partial charge in [0.15, 0.2) is 5.13 Å². The van der Waals surface area contributed by atoms with Crippen molar-refractivity contribution in [2.24, 2.45) is 0 Å². The molecule has 2 atom stereocenters. The van der Waals surface area contributed by atoms with Crippen LogP contribution in [0, 0.1) is 0 Å². The number of aryl methyl sites for hydroxylation is 1. The molecule has 2 aliphatic rings. The lowest BCUT2D eigenvalue weighted by Gasteiger charge is -2.23. The number of hydrogen-bond acceptors (Lipinski definition) is 5. The highest BCUT2D eigenvalue weighted by Gasteiger charge is 2.28. The summed E-state index contributed by atoms with van der Waals surface area (Å²) in [6, 6.07) is 0.203. The number of fused-ring (bicyclic) bond motifs is 1. The molecule has 5 nitrogen and oxygen atoms in total. The van der Waals surface area contributed by atoms with Gasteiger partial charge < -0.3 is 15.8 Å². The van der Waals surface area contributed by atoms with Crippen LogP contribution in [-0.4, -0.2) is 29.6 Å².